The zero-order valence-electron chi connectivity index (χ0n) is 21.6. The molecule has 2 rings (SSSR count). The molecule has 0 bridgehead atoms. The fourth-order valence-corrected chi connectivity index (χ4v) is 4.19. The number of amides is 1. The second kappa shape index (κ2) is 11.9. The Morgan fingerprint density at radius 3 is 2.19 bits per heavy atom. The summed E-state index contributed by atoms with van der Waals surface area (Å²) in [6, 6.07) is 8.63. The highest BCUT2D eigenvalue weighted by Crippen LogP contribution is 2.28. The average Bonchev–Trinajstić information content (AvgIpc) is 2.72. The number of carbonyl (C=O) groups excluding carboxylic acids is 1. The second-order valence-electron chi connectivity index (χ2n) is 11.5. The van der Waals surface area contributed by atoms with E-state index in [2.05, 4.69) is 77.6 Å². The Bertz CT molecular complexity index is 686. The Hall–Kier alpha value is -1.75. The van der Waals surface area contributed by atoms with Crippen molar-refractivity contribution < 1.29 is 9.53 Å². The predicted octanol–water partition coefficient (Wildman–Crippen LogP) is 5.33. The number of hydrogen-bond donors (Lipinski definition) is 1. The first-order valence-corrected chi connectivity index (χ1v) is 12.5. The maximum absolute atomic E-state index is 12.7. The van der Waals surface area contributed by atoms with Gasteiger partial charge in [0.15, 0.2) is 0 Å². The van der Waals surface area contributed by atoms with E-state index in [0.717, 1.165) is 51.1 Å². The highest BCUT2D eigenvalue weighted by atomic mass is 16.5. The van der Waals surface area contributed by atoms with Gasteiger partial charge < -0.3 is 20.3 Å². The second-order valence-corrected chi connectivity index (χ2v) is 11.5. The van der Waals surface area contributed by atoms with Gasteiger partial charge in [0, 0.05) is 31.4 Å². The van der Waals surface area contributed by atoms with E-state index in [1.807, 2.05) is 4.90 Å². The number of piperidine rings is 1. The maximum atomic E-state index is 12.7. The van der Waals surface area contributed by atoms with E-state index < -0.39 is 0 Å². The fourth-order valence-electron chi connectivity index (χ4n) is 4.19. The molecular formula is C27H47N3O2. The van der Waals surface area contributed by atoms with E-state index >= 15 is 0 Å². The third kappa shape index (κ3) is 8.65. The number of ether oxygens (including phenoxy) is 1. The van der Waals surface area contributed by atoms with Crippen LogP contribution in [0.3, 0.4) is 0 Å². The highest BCUT2D eigenvalue weighted by molar-refractivity contribution is 5.81. The summed E-state index contributed by atoms with van der Waals surface area (Å²) in [6.45, 7) is 18.7. The molecule has 2 N–H and O–H groups in total. The molecule has 1 atom stereocenters. The van der Waals surface area contributed by atoms with Gasteiger partial charge in [-0.1, -0.05) is 48.5 Å². The largest absolute Gasteiger partial charge is 0.493 e. The molecule has 0 spiro atoms. The van der Waals surface area contributed by atoms with E-state index in [-0.39, 0.29) is 17.4 Å². The molecule has 0 saturated carbocycles. The van der Waals surface area contributed by atoms with Gasteiger partial charge in [0.1, 0.15) is 5.75 Å². The molecule has 0 aromatic heterocycles. The average molecular weight is 446 g/mol. The third-order valence-corrected chi connectivity index (χ3v) is 6.05. The lowest BCUT2D eigenvalue weighted by Crippen LogP contribution is -2.51. The zero-order valence-corrected chi connectivity index (χ0v) is 21.6. The SMILES string of the molecule is CC(C)CCN(c1ccc(OCC(C)(C)C)cc1)C1CCN(C(=O)C(N)CC(C)C)CC1. The number of anilines is 1. The first kappa shape index (κ1) is 26.5. The van der Waals surface area contributed by atoms with Crippen molar-refractivity contribution in [1.29, 1.82) is 0 Å². The van der Waals surface area contributed by atoms with Crippen LogP contribution in [0, 0.1) is 17.3 Å². The van der Waals surface area contributed by atoms with Crippen molar-refractivity contribution in [3.05, 3.63) is 24.3 Å². The molecule has 1 aromatic carbocycles. The number of likely N-dealkylation sites (tertiary alicyclic amines) is 1. The summed E-state index contributed by atoms with van der Waals surface area (Å²) in [6.07, 6.45) is 3.88. The number of nitrogens with two attached hydrogens (primary N) is 1. The lowest BCUT2D eigenvalue weighted by Gasteiger charge is -2.41. The number of benzene rings is 1. The van der Waals surface area contributed by atoms with Crippen molar-refractivity contribution in [2.24, 2.45) is 23.0 Å². The molecular weight excluding hydrogens is 398 g/mol. The van der Waals surface area contributed by atoms with Crippen LogP contribution in [-0.2, 0) is 4.79 Å². The van der Waals surface area contributed by atoms with E-state index in [0.29, 0.717) is 24.5 Å². The zero-order chi connectivity index (χ0) is 23.9. The van der Waals surface area contributed by atoms with Crippen LogP contribution in [0.5, 0.6) is 5.75 Å². The van der Waals surface area contributed by atoms with Gasteiger partial charge in [0.2, 0.25) is 5.91 Å². The lowest BCUT2D eigenvalue weighted by molar-refractivity contribution is -0.134. The van der Waals surface area contributed by atoms with Gasteiger partial charge in [0.05, 0.1) is 12.6 Å². The quantitative estimate of drug-likeness (QED) is 0.529. The molecule has 1 amide bonds. The van der Waals surface area contributed by atoms with Gasteiger partial charge >= 0.3 is 0 Å². The van der Waals surface area contributed by atoms with Crippen molar-refractivity contribution in [1.82, 2.24) is 4.90 Å². The van der Waals surface area contributed by atoms with Gasteiger partial charge in [-0.25, -0.2) is 0 Å². The van der Waals surface area contributed by atoms with Crippen LogP contribution < -0.4 is 15.4 Å². The van der Waals surface area contributed by atoms with Crippen molar-refractivity contribution in [3.8, 4) is 5.75 Å². The number of nitrogens with zero attached hydrogens (tertiary/aromatic N) is 2. The summed E-state index contributed by atoms with van der Waals surface area (Å²) in [7, 11) is 0. The summed E-state index contributed by atoms with van der Waals surface area (Å²) in [4.78, 5) is 17.3. The predicted molar refractivity (Wildman–Crippen MR) is 135 cm³/mol. The Labute approximate surface area is 196 Å². The van der Waals surface area contributed by atoms with Crippen molar-refractivity contribution in [2.75, 3.05) is 31.1 Å². The molecule has 0 radical (unpaired) electrons. The monoisotopic (exact) mass is 445 g/mol. The first-order chi connectivity index (χ1) is 15.0. The minimum atomic E-state index is -0.371. The number of hydrogen-bond acceptors (Lipinski definition) is 4. The molecule has 1 aliphatic rings. The molecule has 1 heterocycles. The Morgan fingerprint density at radius 2 is 1.69 bits per heavy atom. The Kier molecular flexibility index (Phi) is 9.87. The van der Waals surface area contributed by atoms with Crippen LogP contribution in [0.15, 0.2) is 24.3 Å². The lowest BCUT2D eigenvalue weighted by atomic mass is 9.98. The smallest absolute Gasteiger partial charge is 0.239 e. The fraction of sp³-hybridized carbons (Fsp3) is 0.741. The number of rotatable bonds is 10. The van der Waals surface area contributed by atoms with Crippen LogP contribution in [-0.4, -0.2) is 49.1 Å². The summed E-state index contributed by atoms with van der Waals surface area (Å²) in [5, 5.41) is 0. The van der Waals surface area contributed by atoms with Gasteiger partial charge in [0.25, 0.3) is 0 Å². The van der Waals surface area contributed by atoms with Crippen LogP contribution in [0.2, 0.25) is 0 Å². The summed E-state index contributed by atoms with van der Waals surface area (Å²) in [5.74, 6) is 2.13. The van der Waals surface area contributed by atoms with Crippen molar-refractivity contribution in [2.45, 2.75) is 86.2 Å². The standard InChI is InChI=1S/C27H47N3O2/c1-20(2)12-17-30(22-8-10-24(11-9-22)32-19-27(5,6)7)23-13-15-29(16-14-23)26(31)25(28)18-21(3)4/h8-11,20-21,23,25H,12-19,28H2,1-7H3. The summed E-state index contributed by atoms with van der Waals surface area (Å²) < 4.78 is 5.96. The van der Waals surface area contributed by atoms with Crippen LogP contribution in [0.1, 0.15) is 74.1 Å². The van der Waals surface area contributed by atoms with Crippen LogP contribution in [0.25, 0.3) is 0 Å². The molecule has 1 saturated heterocycles. The van der Waals surface area contributed by atoms with Crippen molar-refractivity contribution in [3.63, 3.8) is 0 Å². The number of carbonyl (C=O) groups is 1. The van der Waals surface area contributed by atoms with E-state index in [9.17, 15) is 4.79 Å². The van der Waals surface area contributed by atoms with Gasteiger partial charge in [-0.05, 0) is 67.2 Å². The Morgan fingerprint density at radius 1 is 1.09 bits per heavy atom. The van der Waals surface area contributed by atoms with Crippen LogP contribution >= 0.6 is 0 Å². The van der Waals surface area contributed by atoms with Crippen LogP contribution in [0.4, 0.5) is 5.69 Å². The Balaban J connectivity index is 2.02. The van der Waals surface area contributed by atoms with E-state index in [1.165, 1.54) is 5.69 Å². The van der Waals surface area contributed by atoms with Gasteiger partial charge in [-0.15, -0.1) is 0 Å². The maximum Gasteiger partial charge on any atom is 0.239 e. The van der Waals surface area contributed by atoms with E-state index in [1.54, 1.807) is 0 Å². The molecule has 1 fully saturated rings. The van der Waals surface area contributed by atoms with E-state index in [4.69, 9.17) is 10.5 Å². The molecule has 0 aliphatic carbocycles. The molecule has 182 valence electrons. The summed E-state index contributed by atoms with van der Waals surface area (Å²) >= 11 is 0. The minimum absolute atomic E-state index is 0.117. The molecule has 5 nitrogen and oxygen atoms in total. The topological polar surface area (TPSA) is 58.8 Å². The molecule has 1 aromatic rings. The normalized spacial score (nSPS) is 16.5. The molecule has 1 unspecified atom stereocenters. The van der Waals surface area contributed by atoms with Gasteiger partial charge in [-0.2, -0.15) is 0 Å². The minimum Gasteiger partial charge on any atom is -0.493 e. The first-order valence-electron chi connectivity index (χ1n) is 12.5. The summed E-state index contributed by atoms with van der Waals surface area (Å²) in [5.41, 5.74) is 7.56. The van der Waals surface area contributed by atoms with Crippen molar-refractivity contribution >= 4 is 11.6 Å². The molecule has 1 aliphatic heterocycles. The molecule has 5 heteroatoms. The van der Waals surface area contributed by atoms with Gasteiger partial charge in [-0.3, -0.25) is 4.79 Å². The third-order valence-electron chi connectivity index (χ3n) is 6.05. The molecule has 32 heavy (non-hydrogen) atoms. The highest BCUT2D eigenvalue weighted by Gasteiger charge is 2.29.